The average Bonchev–Trinajstić information content (AvgIpc) is 2.54. The molecule has 0 bridgehead atoms. The van der Waals surface area contributed by atoms with Crippen LogP contribution in [0.1, 0.15) is 26.7 Å². The second kappa shape index (κ2) is 10.6. The fraction of sp³-hybridized carbons (Fsp3) is 0.529. The highest BCUT2D eigenvalue weighted by Gasteiger charge is 2.20. The van der Waals surface area contributed by atoms with Gasteiger partial charge in [-0.3, -0.25) is 9.59 Å². The van der Waals surface area contributed by atoms with Crippen LogP contribution < -0.4 is 5.32 Å². The van der Waals surface area contributed by atoms with Gasteiger partial charge in [0.25, 0.3) is 0 Å². The van der Waals surface area contributed by atoms with E-state index in [0.717, 1.165) is 29.2 Å². The molecule has 0 heterocycles. The van der Waals surface area contributed by atoms with E-state index < -0.39 is 0 Å². The molecular formula is C17H26N2O2S2. The van der Waals surface area contributed by atoms with E-state index in [-0.39, 0.29) is 23.6 Å². The van der Waals surface area contributed by atoms with Gasteiger partial charge in [0.05, 0.1) is 17.5 Å². The molecule has 6 heteroatoms. The number of hydrogen-bond donors (Lipinski definition) is 1. The number of amides is 2. The van der Waals surface area contributed by atoms with Crippen molar-refractivity contribution in [1.29, 1.82) is 0 Å². The van der Waals surface area contributed by atoms with Crippen molar-refractivity contribution in [2.45, 2.75) is 36.8 Å². The van der Waals surface area contributed by atoms with E-state index >= 15 is 0 Å². The van der Waals surface area contributed by atoms with Crippen LogP contribution in [0.3, 0.4) is 0 Å². The monoisotopic (exact) mass is 354 g/mol. The minimum absolute atomic E-state index is 0.000551. The minimum Gasteiger partial charge on any atom is -0.335 e. The number of nitrogens with one attached hydrogen (secondary N) is 1. The standard InChI is InChI=1S/C17H26N2O2S2/c1-5-6-11-23-13(2)17(21)19(3)12-16(20)18-14-9-7-8-10-15(14)22-4/h7-10,13H,5-6,11-12H2,1-4H3,(H,18,20). The highest BCUT2D eigenvalue weighted by molar-refractivity contribution is 8.00. The Balaban J connectivity index is 2.51. The number of hydrogen-bond acceptors (Lipinski definition) is 4. The molecule has 4 nitrogen and oxygen atoms in total. The van der Waals surface area contributed by atoms with Crippen molar-refractivity contribution in [2.24, 2.45) is 0 Å². The van der Waals surface area contributed by atoms with Crippen LogP contribution in [0.5, 0.6) is 0 Å². The molecule has 2 amide bonds. The molecule has 0 saturated carbocycles. The summed E-state index contributed by atoms with van der Waals surface area (Å²) in [5.41, 5.74) is 0.788. The number of carbonyl (C=O) groups is 2. The molecule has 1 aromatic carbocycles. The molecule has 0 saturated heterocycles. The summed E-state index contributed by atoms with van der Waals surface area (Å²) in [5.74, 6) is 0.803. The molecule has 23 heavy (non-hydrogen) atoms. The minimum atomic E-state index is -0.173. The molecule has 0 aromatic heterocycles. The molecule has 0 fully saturated rings. The summed E-state index contributed by atoms with van der Waals surface area (Å²) in [5, 5.41) is 2.76. The van der Waals surface area contributed by atoms with E-state index in [9.17, 15) is 9.59 Å². The predicted octanol–water partition coefficient (Wildman–Crippen LogP) is 3.73. The second-order valence-corrected chi connectivity index (χ2v) is 7.61. The zero-order valence-electron chi connectivity index (χ0n) is 14.3. The van der Waals surface area contributed by atoms with Crippen LogP contribution in [0, 0.1) is 0 Å². The molecule has 0 spiro atoms. The van der Waals surface area contributed by atoms with Crippen molar-refractivity contribution in [3.05, 3.63) is 24.3 Å². The largest absolute Gasteiger partial charge is 0.335 e. The Morgan fingerprint density at radius 1 is 1.30 bits per heavy atom. The summed E-state index contributed by atoms with van der Waals surface area (Å²) in [6.45, 7) is 4.11. The van der Waals surface area contributed by atoms with Crippen LogP contribution in [-0.4, -0.2) is 47.6 Å². The van der Waals surface area contributed by atoms with Crippen LogP contribution in [0.15, 0.2) is 29.2 Å². The van der Waals surface area contributed by atoms with Crippen molar-refractivity contribution < 1.29 is 9.59 Å². The maximum absolute atomic E-state index is 12.3. The Bertz CT molecular complexity index is 523. The van der Waals surface area contributed by atoms with E-state index in [4.69, 9.17) is 0 Å². The van der Waals surface area contributed by atoms with Crippen LogP contribution in [0.2, 0.25) is 0 Å². The first-order chi connectivity index (χ1) is 11.0. The van der Waals surface area contributed by atoms with Crippen LogP contribution in [-0.2, 0) is 9.59 Å². The maximum Gasteiger partial charge on any atom is 0.244 e. The Morgan fingerprint density at radius 2 is 2.00 bits per heavy atom. The number of likely N-dealkylation sites (N-methyl/N-ethyl adjacent to an activating group) is 1. The van der Waals surface area contributed by atoms with E-state index in [1.54, 1.807) is 30.6 Å². The molecule has 1 atom stereocenters. The number of anilines is 1. The smallest absolute Gasteiger partial charge is 0.244 e. The summed E-state index contributed by atoms with van der Waals surface area (Å²) in [7, 11) is 1.68. The Morgan fingerprint density at radius 3 is 2.65 bits per heavy atom. The number of rotatable bonds is 9. The zero-order valence-corrected chi connectivity index (χ0v) is 15.9. The topological polar surface area (TPSA) is 49.4 Å². The lowest BCUT2D eigenvalue weighted by molar-refractivity contribution is -0.132. The van der Waals surface area contributed by atoms with Crippen LogP contribution in [0.4, 0.5) is 5.69 Å². The van der Waals surface area contributed by atoms with Gasteiger partial charge in [-0.15, -0.1) is 23.5 Å². The molecular weight excluding hydrogens is 328 g/mol. The van der Waals surface area contributed by atoms with Crippen molar-refractivity contribution in [1.82, 2.24) is 4.90 Å². The zero-order chi connectivity index (χ0) is 17.2. The Labute approximate surface area is 147 Å². The summed E-state index contributed by atoms with van der Waals surface area (Å²) in [6.07, 6.45) is 4.20. The third-order valence-electron chi connectivity index (χ3n) is 3.35. The fourth-order valence-electron chi connectivity index (χ4n) is 2.02. The first-order valence-electron chi connectivity index (χ1n) is 7.79. The predicted molar refractivity (Wildman–Crippen MR) is 101 cm³/mol. The summed E-state index contributed by atoms with van der Waals surface area (Å²) < 4.78 is 0. The van der Waals surface area contributed by atoms with Crippen LogP contribution in [0.25, 0.3) is 0 Å². The van der Waals surface area contributed by atoms with Crippen molar-refractivity contribution in [3.8, 4) is 0 Å². The normalized spacial score (nSPS) is 11.8. The maximum atomic E-state index is 12.3. The highest BCUT2D eigenvalue weighted by Crippen LogP contribution is 2.24. The summed E-state index contributed by atoms with van der Waals surface area (Å²) >= 11 is 3.23. The van der Waals surface area contributed by atoms with Gasteiger partial charge in [0.1, 0.15) is 0 Å². The van der Waals surface area contributed by atoms with Gasteiger partial charge in [0, 0.05) is 11.9 Å². The molecule has 1 aromatic rings. The molecule has 0 aliphatic rings. The van der Waals surface area contributed by atoms with Crippen molar-refractivity contribution in [3.63, 3.8) is 0 Å². The average molecular weight is 355 g/mol. The van der Waals surface area contributed by atoms with Gasteiger partial charge in [0.15, 0.2) is 0 Å². The Hall–Kier alpha value is -1.14. The lowest BCUT2D eigenvalue weighted by Gasteiger charge is -2.21. The fourth-order valence-corrected chi connectivity index (χ4v) is 3.70. The van der Waals surface area contributed by atoms with E-state index in [1.165, 1.54) is 4.90 Å². The molecule has 0 aliphatic carbocycles. The van der Waals surface area contributed by atoms with Gasteiger partial charge >= 0.3 is 0 Å². The van der Waals surface area contributed by atoms with Gasteiger partial charge in [-0.25, -0.2) is 0 Å². The quantitative estimate of drug-likeness (QED) is 0.542. The number of para-hydroxylation sites is 1. The molecule has 1 rings (SSSR count). The van der Waals surface area contributed by atoms with Crippen LogP contribution >= 0.6 is 23.5 Å². The first kappa shape index (κ1) is 19.9. The summed E-state index contributed by atoms with van der Waals surface area (Å²) in [6, 6.07) is 7.65. The first-order valence-corrected chi connectivity index (χ1v) is 10.1. The number of thioether (sulfide) groups is 2. The molecule has 0 aliphatic heterocycles. The van der Waals surface area contributed by atoms with Crippen molar-refractivity contribution in [2.75, 3.05) is 30.9 Å². The second-order valence-electron chi connectivity index (χ2n) is 5.31. The third kappa shape index (κ3) is 6.87. The van der Waals surface area contributed by atoms with E-state index in [0.29, 0.717) is 0 Å². The lowest BCUT2D eigenvalue weighted by Crippen LogP contribution is -2.39. The van der Waals surface area contributed by atoms with Gasteiger partial charge in [0.2, 0.25) is 11.8 Å². The van der Waals surface area contributed by atoms with Crippen molar-refractivity contribution >= 4 is 41.0 Å². The number of nitrogens with zero attached hydrogens (tertiary/aromatic N) is 1. The molecule has 0 radical (unpaired) electrons. The van der Waals surface area contributed by atoms with E-state index in [1.807, 2.05) is 37.4 Å². The molecule has 1 unspecified atom stereocenters. The van der Waals surface area contributed by atoms with Gasteiger partial charge in [-0.05, 0) is 37.5 Å². The SMILES string of the molecule is CCCCSC(C)C(=O)N(C)CC(=O)Nc1ccccc1SC. The molecule has 128 valence electrons. The van der Waals surface area contributed by atoms with Gasteiger partial charge in [-0.2, -0.15) is 0 Å². The lowest BCUT2D eigenvalue weighted by atomic mass is 10.3. The number of benzene rings is 1. The van der Waals surface area contributed by atoms with E-state index in [2.05, 4.69) is 12.2 Å². The third-order valence-corrected chi connectivity index (χ3v) is 5.37. The number of unbranched alkanes of at least 4 members (excludes halogenated alkanes) is 1. The summed E-state index contributed by atoms with van der Waals surface area (Å²) in [4.78, 5) is 26.9. The Kier molecular flexibility index (Phi) is 9.17. The van der Waals surface area contributed by atoms with Gasteiger partial charge in [-0.1, -0.05) is 25.5 Å². The highest BCUT2D eigenvalue weighted by atomic mass is 32.2. The number of carbonyl (C=O) groups excluding carboxylic acids is 2. The molecule has 1 N–H and O–H groups in total. The van der Waals surface area contributed by atoms with Gasteiger partial charge < -0.3 is 10.2 Å².